The number of aliphatic carboxylic acids is 1. The molecule has 1 aromatic heterocycles. The molecule has 0 spiro atoms. The van der Waals surface area contributed by atoms with Gasteiger partial charge in [-0.25, -0.2) is 17.5 Å². The fourth-order valence-electron chi connectivity index (χ4n) is 2.55. The van der Waals surface area contributed by atoms with E-state index < -0.39 is 27.5 Å². The van der Waals surface area contributed by atoms with Gasteiger partial charge in [0, 0.05) is 36.3 Å². The highest BCUT2D eigenvalue weighted by Gasteiger charge is 2.33. The molecule has 0 amide bonds. The number of carboxylic acid groups (broad SMARTS) is 1. The number of pyridine rings is 1. The quantitative estimate of drug-likeness (QED) is 0.679. The molecule has 9 heteroatoms. The van der Waals surface area contributed by atoms with Gasteiger partial charge in [-0.05, 0) is 31.2 Å². The largest absolute Gasteiger partial charge is 0.478 e. The van der Waals surface area contributed by atoms with E-state index in [0.717, 1.165) is 4.31 Å². The molecule has 1 heterocycles. The SMILES string of the molecule is Cc1ncc(S(=O)(=O)N(C)C)cc1C#Cc1cc(Cl)ccc1OC(C(=O)O)C(C)(C)C. The Bertz CT molecular complexity index is 1160. The van der Waals surface area contributed by atoms with Crippen molar-refractivity contribution in [1.29, 1.82) is 0 Å². The van der Waals surface area contributed by atoms with E-state index in [2.05, 4.69) is 16.8 Å². The fourth-order valence-corrected chi connectivity index (χ4v) is 3.60. The molecule has 0 radical (unpaired) electrons. The molecule has 0 aliphatic rings. The lowest BCUT2D eigenvalue weighted by molar-refractivity contribution is -0.150. The number of nitrogens with zero attached hydrogens (tertiary/aromatic N) is 2. The van der Waals surface area contributed by atoms with Crippen LogP contribution in [0.5, 0.6) is 5.75 Å². The van der Waals surface area contributed by atoms with Crippen molar-refractivity contribution in [2.45, 2.75) is 38.7 Å². The highest BCUT2D eigenvalue weighted by Crippen LogP contribution is 2.29. The number of hydrogen-bond acceptors (Lipinski definition) is 5. The smallest absolute Gasteiger partial charge is 0.345 e. The van der Waals surface area contributed by atoms with Crippen molar-refractivity contribution in [3.05, 3.63) is 52.3 Å². The Balaban J connectivity index is 2.53. The van der Waals surface area contributed by atoms with Crippen LogP contribution in [-0.4, -0.2) is 49.0 Å². The lowest BCUT2D eigenvalue weighted by Gasteiger charge is -2.28. The Kier molecular flexibility index (Phi) is 7.37. The van der Waals surface area contributed by atoms with Crippen LogP contribution in [0.3, 0.4) is 0 Å². The Morgan fingerprint density at radius 3 is 2.35 bits per heavy atom. The number of hydrogen-bond donors (Lipinski definition) is 1. The second-order valence-corrected chi connectivity index (χ2v) is 10.8. The monoisotopic (exact) mass is 464 g/mol. The number of carboxylic acids is 1. The number of carbonyl (C=O) groups is 1. The standard InChI is InChI=1S/C22H25ClN2O5S/c1-14-15(12-18(13-24-14)31(28,29)25(5)6)7-8-16-11-17(23)9-10-19(16)30-20(21(26)27)22(2,3)4/h9-13,20H,1-6H3,(H,26,27). The summed E-state index contributed by atoms with van der Waals surface area (Å²) >= 11 is 6.10. The Morgan fingerprint density at radius 2 is 1.81 bits per heavy atom. The third kappa shape index (κ3) is 5.97. The summed E-state index contributed by atoms with van der Waals surface area (Å²) in [5, 5.41) is 9.96. The van der Waals surface area contributed by atoms with Gasteiger partial charge in [-0.1, -0.05) is 44.2 Å². The van der Waals surface area contributed by atoms with E-state index in [0.29, 0.717) is 21.8 Å². The maximum absolute atomic E-state index is 12.4. The van der Waals surface area contributed by atoms with Crippen LogP contribution in [0.15, 0.2) is 35.4 Å². The summed E-state index contributed by atoms with van der Waals surface area (Å²) in [5.41, 5.74) is 0.682. The van der Waals surface area contributed by atoms with Gasteiger partial charge in [0.25, 0.3) is 0 Å². The van der Waals surface area contributed by atoms with Gasteiger partial charge in [0.1, 0.15) is 10.6 Å². The van der Waals surface area contributed by atoms with Crippen molar-refractivity contribution >= 4 is 27.6 Å². The van der Waals surface area contributed by atoms with Gasteiger partial charge >= 0.3 is 5.97 Å². The molecular formula is C22H25ClN2O5S. The minimum Gasteiger partial charge on any atom is -0.478 e. The summed E-state index contributed by atoms with van der Waals surface area (Å²) in [5.74, 6) is 4.99. The zero-order valence-electron chi connectivity index (χ0n) is 18.2. The zero-order valence-corrected chi connectivity index (χ0v) is 19.8. The van der Waals surface area contributed by atoms with Crippen LogP contribution in [0.1, 0.15) is 37.6 Å². The topological polar surface area (TPSA) is 96.8 Å². The lowest BCUT2D eigenvalue weighted by Crippen LogP contribution is -2.39. The van der Waals surface area contributed by atoms with E-state index >= 15 is 0 Å². The van der Waals surface area contributed by atoms with Gasteiger partial charge in [-0.2, -0.15) is 0 Å². The van der Waals surface area contributed by atoms with Gasteiger partial charge in [0.15, 0.2) is 6.10 Å². The average Bonchev–Trinajstić information content (AvgIpc) is 2.64. The number of aromatic nitrogens is 1. The summed E-state index contributed by atoms with van der Waals surface area (Å²) in [7, 11) is -0.794. The second-order valence-electron chi connectivity index (χ2n) is 8.18. The maximum atomic E-state index is 12.4. The highest BCUT2D eigenvalue weighted by molar-refractivity contribution is 7.89. The van der Waals surface area contributed by atoms with Crippen LogP contribution in [0.2, 0.25) is 5.02 Å². The fraction of sp³-hybridized carbons (Fsp3) is 0.364. The van der Waals surface area contributed by atoms with Gasteiger partial charge in [-0.3, -0.25) is 4.98 Å². The van der Waals surface area contributed by atoms with Gasteiger partial charge in [-0.15, -0.1) is 0 Å². The van der Waals surface area contributed by atoms with Crippen molar-refractivity contribution in [1.82, 2.24) is 9.29 Å². The van der Waals surface area contributed by atoms with Crippen LogP contribution in [0.25, 0.3) is 0 Å². The van der Waals surface area contributed by atoms with Crippen molar-refractivity contribution < 1.29 is 23.1 Å². The molecular weight excluding hydrogens is 440 g/mol. The van der Waals surface area contributed by atoms with Crippen molar-refractivity contribution in [3.8, 4) is 17.6 Å². The van der Waals surface area contributed by atoms with Crippen LogP contribution >= 0.6 is 11.6 Å². The number of rotatable bonds is 5. The third-order valence-corrected chi connectivity index (χ3v) is 6.39. The molecule has 2 rings (SSSR count). The zero-order chi connectivity index (χ0) is 23.6. The maximum Gasteiger partial charge on any atom is 0.345 e. The van der Waals surface area contributed by atoms with Crippen molar-refractivity contribution in [2.24, 2.45) is 5.41 Å². The van der Waals surface area contributed by atoms with Crippen LogP contribution in [0.4, 0.5) is 0 Å². The lowest BCUT2D eigenvalue weighted by atomic mass is 9.89. The molecule has 0 bridgehead atoms. The van der Waals surface area contributed by atoms with E-state index in [-0.39, 0.29) is 10.6 Å². The molecule has 1 unspecified atom stereocenters. The number of sulfonamides is 1. The molecule has 166 valence electrons. The van der Waals surface area contributed by atoms with Crippen LogP contribution in [0, 0.1) is 24.2 Å². The number of halogens is 1. The predicted molar refractivity (Wildman–Crippen MR) is 119 cm³/mol. The van der Waals surface area contributed by atoms with Crippen molar-refractivity contribution in [3.63, 3.8) is 0 Å². The molecule has 1 aromatic carbocycles. The first-order chi connectivity index (χ1) is 14.2. The first-order valence-corrected chi connectivity index (χ1v) is 11.2. The first kappa shape index (κ1) is 24.7. The number of ether oxygens (including phenoxy) is 1. The van der Waals surface area contributed by atoms with Gasteiger partial charge in [0.05, 0.1) is 11.3 Å². The molecule has 0 saturated heterocycles. The normalized spacial score (nSPS) is 12.8. The molecule has 0 fully saturated rings. The van der Waals surface area contributed by atoms with Crippen molar-refractivity contribution in [2.75, 3.05) is 14.1 Å². The molecule has 0 aliphatic heterocycles. The minimum atomic E-state index is -3.66. The summed E-state index contributed by atoms with van der Waals surface area (Å²) in [6.07, 6.45) is 0.177. The molecule has 2 aromatic rings. The van der Waals surface area contributed by atoms with Crippen LogP contribution in [-0.2, 0) is 14.8 Å². The average molecular weight is 465 g/mol. The van der Waals surface area contributed by atoms with E-state index in [9.17, 15) is 18.3 Å². The Hall–Kier alpha value is -2.60. The Labute approximate surface area is 188 Å². The van der Waals surface area contributed by atoms with Crippen LogP contribution < -0.4 is 4.74 Å². The van der Waals surface area contributed by atoms with E-state index in [4.69, 9.17) is 16.3 Å². The minimum absolute atomic E-state index is 0.0219. The summed E-state index contributed by atoms with van der Waals surface area (Å²) < 4.78 is 31.7. The molecule has 0 aliphatic carbocycles. The summed E-state index contributed by atoms with van der Waals surface area (Å²) in [6.45, 7) is 7.00. The molecule has 1 N–H and O–H groups in total. The second kappa shape index (κ2) is 9.27. The van der Waals surface area contributed by atoms with E-state index in [1.54, 1.807) is 45.9 Å². The third-order valence-electron chi connectivity index (χ3n) is 4.37. The highest BCUT2D eigenvalue weighted by atomic mass is 35.5. The number of benzene rings is 1. The first-order valence-electron chi connectivity index (χ1n) is 9.33. The predicted octanol–water partition coefficient (Wildman–Crippen LogP) is 3.57. The summed E-state index contributed by atoms with van der Waals surface area (Å²) in [4.78, 5) is 15.8. The molecule has 7 nitrogen and oxygen atoms in total. The molecule has 31 heavy (non-hydrogen) atoms. The van der Waals surface area contributed by atoms with E-state index in [1.807, 2.05) is 0 Å². The Morgan fingerprint density at radius 1 is 1.19 bits per heavy atom. The summed E-state index contributed by atoms with van der Waals surface area (Å²) in [6, 6.07) is 6.16. The van der Waals surface area contributed by atoms with Gasteiger partial charge < -0.3 is 9.84 Å². The van der Waals surface area contributed by atoms with Gasteiger partial charge in [0.2, 0.25) is 10.0 Å². The molecule has 0 saturated carbocycles. The molecule has 1 atom stereocenters. The number of aryl methyl sites for hydroxylation is 1. The van der Waals surface area contributed by atoms with E-state index in [1.165, 1.54) is 26.4 Å².